The Morgan fingerprint density at radius 3 is 2.83 bits per heavy atom. The molecule has 0 bridgehead atoms. The van der Waals surface area contributed by atoms with E-state index in [9.17, 15) is 9.59 Å². The van der Waals surface area contributed by atoms with Crippen LogP contribution in [-0.4, -0.2) is 44.3 Å². The standard InChI is InChI=1S/C19H20N6O2S2/c26-17(20-14-5-7-15(8-6-14)24-10-1-4-18(24)27)9-12-29-19-21-22-23-25(19)13-16-3-2-11-28-16/h2-3,5-8,11H,1,4,9-10,12-13H2,(H,20,26). The van der Waals surface area contributed by atoms with Gasteiger partial charge in [0.25, 0.3) is 0 Å². The summed E-state index contributed by atoms with van der Waals surface area (Å²) in [7, 11) is 0. The fraction of sp³-hybridized carbons (Fsp3) is 0.316. The van der Waals surface area contributed by atoms with Crippen molar-refractivity contribution in [3.05, 3.63) is 46.7 Å². The van der Waals surface area contributed by atoms with Gasteiger partial charge in [-0.3, -0.25) is 9.59 Å². The lowest BCUT2D eigenvalue weighted by atomic mass is 10.2. The number of carbonyl (C=O) groups is 2. The first-order valence-electron chi connectivity index (χ1n) is 9.31. The zero-order chi connectivity index (χ0) is 20.1. The predicted octanol–water partition coefficient (Wildman–Crippen LogP) is 3.03. The first-order valence-corrected chi connectivity index (χ1v) is 11.2. The molecule has 0 spiro atoms. The van der Waals surface area contributed by atoms with Crippen LogP contribution < -0.4 is 10.2 Å². The van der Waals surface area contributed by atoms with E-state index in [0.29, 0.717) is 30.3 Å². The highest BCUT2D eigenvalue weighted by molar-refractivity contribution is 7.99. The molecule has 3 aromatic rings. The maximum absolute atomic E-state index is 12.2. The first kappa shape index (κ1) is 19.6. The number of amides is 2. The molecule has 0 unspecified atom stereocenters. The summed E-state index contributed by atoms with van der Waals surface area (Å²) in [5.74, 6) is 0.664. The second kappa shape index (κ2) is 9.19. The summed E-state index contributed by atoms with van der Waals surface area (Å²) in [6.45, 7) is 1.39. The van der Waals surface area contributed by atoms with Crippen LogP contribution in [0.1, 0.15) is 24.1 Å². The minimum Gasteiger partial charge on any atom is -0.326 e. The number of tetrazole rings is 1. The predicted molar refractivity (Wildman–Crippen MR) is 113 cm³/mol. The number of thiophene rings is 1. The van der Waals surface area contributed by atoms with E-state index in [1.165, 1.54) is 16.6 Å². The number of carbonyl (C=O) groups excluding carboxylic acids is 2. The van der Waals surface area contributed by atoms with Crippen molar-refractivity contribution in [3.63, 3.8) is 0 Å². The monoisotopic (exact) mass is 428 g/mol. The van der Waals surface area contributed by atoms with E-state index in [2.05, 4.69) is 20.8 Å². The lowest BCUT2D eigenvalue weighted by molar-refractivity contribution is -0.117. The van der Waals surface area contributed by atoms with Crippen LogP contribution in [0.4, 0.5) is 11.4 Å². The maximum Gasteiger partial charge on any atom is 0.227 e. The molecule has 1 aromatic carbocycles. The Kier molecular flexibility index (Phi) is 6.20. The Hall–Kier alpha value is -2.72. The van der Waals surface area contributed by atoms with Crippen molar-refractivity contribution in [2.24, 2.45) is 0 Å². The number of hydrogen-bond donors (Lipinski definition) is 1. The molecule has 150 valence electrons. The minimum absolute atomic E-state index is 0.0696. The number of thioether (sulfide) groups is 1. The van der Waals surface area contributed by atoms with Crippen LogP contribution in [0.25, 0.3) is 0 Å². The smallest absolute Gasteiger partial charge is 0.227 e. The van der Waals surface area contributed by atoms with Gasteiger partial charge in [0, 0.05) is 41.4 Å². The van der Waals surface area contributed by atoms with Crippen molar-refractivity contribution < 1.29 is 9.59 Å². The molecule has 29 heavy (non-hydrogen) atoms. The van der Waals surface area contributed by atoms with E-state index >= 15 is 0 Å². The number of anilines is 2. The number of nitrogens with zero attached hydrogens (tertiary/aromatic N) is 5. The summed E-state index contributed by atoms with van der Waals surface area (Å²) < 4.78 is 1.74. The Labute approximate surface area is 176 Å². The summed E-state index contributed by atoms with van der Waals surface area (Å²) >= 11 is 3.12. The zero-order valence-corrected chi connectivity index (χ0v) is 17.3. The summed E-state index contributed by atoms with van der Waals surface area (Å²) in [5.41, 5.74) is 1.59. The van der Waals surface area contributed by atoms with Crippen molar-refractivity contribution in [1.29, 1.82) is 0 Å². The molecular formula is C19H20N6O2S2. The summed E-state index contributed by atoms with van der Waals surface area (Å²) in [6, 6.07) is 11.4. The number of nitrogens with one attached hydrogen (secondary N) is 1. The van der Waals surface area contributed by atoms with Gasteiger partial charge in [-0.15, -0.1) is 16.4 Å². The van der Waals surface area contributed by atoms with E-state index in [-0.39, 0.29) is 11.8 Å². The molecule has 4 rings (SSSR count). The molecule has 1 aliphatic rings. The van der Waals surface area contributed by atoms with E-state index in [1.807, 2.05) is 41.8 Å². The Morgan fingerprint density at radius 1 is 1.24 bits per heavy atom. The quantitative estimate of drug-likeness (QED) is 0.555. The van der Waals surface area contributed by atoms with Gasteiger partial charge in [-0.2, -0.15) is 0 Å². The number of aromatic nitrogens is 4. The van der Waals surface area contributed by atoms with Crippen LogP contribution in [0.15, 0.2) is 46.9 Å². The van der Waals surface area contributed by atoms with Gasteiger partial charge in [-0.1, -0.05) is 17.8 Å². The minimum atomic E-state index is -0.0696. The van der Waals surface area contributed by atoms with Crippen LogP contribution in [0.2, 0.25) is 0 Å². The molecule has 1 aliphatic heterocycles. The van der Waals surface area contributed by atoms with Crippen molar-refractivity contribution in [2.75, 3.05) is 22.5 Å². The molecule has 2 amide bonds. The van der Waals surface area contributed by atoms with Gasteiger partial charge in [0.1, 0.15) is 0 Å². The second-order valence-electron chi connectivity index (χ2n) is 6.54. The third kappa shape index (κ3) is 5.01. The summed E-state index contributed by atoms with van der Waals surface area (Å²) in [4.78, 5) is 27.0. The molecule has 1 fully saturated rings. The lowest BCUT2D eigenvalue weighted by Gasteiger charge is -2.16. The molecule has 0 aliphatic carbocycles. The molecule has 0 radical (unpaired) electrons. The van der Waals surface area contributed by atoms with Crippen LogP contribution in [0.3, 0.4) is 0 Å². The van der Waals surface area contributed by atoms with Crippen molar-refractivity contribution in [2.45, 2.75) is 31.0 Å². The Balaban J connectivity index is 1.24. The zero-order valence-electron chi connectivity index (χ0n) is 15.7. The van der Waals surface area contributed by atoms with Crippen LogP contribution in [0.5, 0.6) is 0 Å². The molecule has 1 N–H and O–H groups in total. The highest BCUT2D eigenvalue weighted by Gasteiger charge is 2.21. The largest absolute Gasteiger partial charge is 0.326 e. The number of benzene rings is 1. The SMILES string of the molecule is O=C(CCSc1nnnn1Cc1cccs1)Nc1ccc(N2CCCC2=O)cc1. The summed E-state index contributed by atoms with van der Waals surface area (Å²) in [6.07, 6.45) is 1.85. The van der Waals surface area contributed by atoms with Crippen molar-refractivity contribution in [3.8, 4) is 0 Å². The van der Waals surface area contributed by atoms with Gasteiger partial charge in [0.2, 0.25) is 17.0 Å². The highest BCUT2D eigenvalue weighted by atomic mass is 32.2. The maximum atomic E-state index is 12.2. The van der Waals surface area contributed by atoms with Gasteiger partial charge in [-0.05, 0) is 52.6 Å². The fourth-order valence-electron chi connectivity index (χ4n) is 3.05. The molecule has 1 saturated heterocycles. The third-order valence-electron chi connectivity index (χ3n) is 4.48. The molecule has 0 saturated carbocycles. The van der Waals surface area contributed by atoms with Crippen LogP contribution >= 0.6 is 23.1 Å². The second-order valence-corrected chi connectivity index (χ2v) is 8.64. The van der Waals surface area contributed by atoms with Gasteiger partial charge in [0.05, 0.1) is 6.54 Å². The van der Waals surface area contributed by atoms with Gasteiger partial charge < -0.3 is 10.2 Å². The highest BCUT2D eigenvalue weighted by Crippen LogP contribution is 2.23. The van der Waals surface area contributed by atoms with Gasteiger partial charge >= 0.3 is 0 Å². The fourth-order valence-corrected chi connectivity index (χ4v) is 4.55. The average Bonchev–Trinajstić information content (AvgIpc) is 3.47. The van der Waals surface area contributed by atoms with Crippen molar-refractivity contribution >= 4 is 46.3 Å². The van der Waals surface area contributed by atoms with Crippen LogP contribution in [0, 0.1) is 0 Å². The van der Waals surface area contributed by atoms with E-state index in [1.54, 1.807) is 20.9 Å². The van der Waals surface area contributed by atoms with E-state index in [4.69, 9.17) is 0 Å². The van der Waals surface area contributed by atoms with Gasteiger partial charge in [-0.25, -0.2) is 4.68 Å². The third-order valence-corrected chi connectivity index (χ3v) is 6.30. The average molecular weight is 429 g/mol. The topological polar surface area (TPSA) is 93.0 Å². The lowest BCUT2D eigenvalue weighted by Crippen LogP contribution is -2.23. The Bertz CT molecular complexity index is 971. The molecule has 2 aromatic heterocycles. The van der Waals surface area contributed by atoms with E-state index in [0.717, 1.165) is 24.3 Å². The number of rotatable bonds is 8. The Morgan fingerprint density at radius 2 is 2.10 bits per heavy atom. The van der Waals surface area contributed by atoms with Gasteiger partial charge in [0.15, 0.2) is 0 Å². The normalized spacial score (nSPS) is 13.8. The van der Waals surface area contributed by atoms with Crippen LogP contribution in [-0.2, 0) is 16.1 Å². The summed E-state index contributed by atoms with van der Waals surface area (Å²) in [5, 5.41) is 17.4. The molecular weight excluding hydrogens is 408 g/mol. The molecule has 8 nitrogen and oxygen atoms in total. The molecule has 0 atom stereocenters. The first-order chi connectivity index (χ1) is 14.2. The van der Waals surface area contributed by atoms with Crippen molar-refractivity contribution in [1.82, 2.24) is 20.2 Å². The molecule has 10 heteroatoms. The number of hydrogen-bond acceptors (Lipinski definition) is 7. The molecule has 3 heterocycles. The van der Waals surface area contributed by atoms with E-state index < -0.39 is 0 Å².